The topological polar surface area (TPSA) is 222 Å². The number of aromatic nitrogens is 7. The Morgan fingerprint density at radius 2 is 0.892 bits per heavy atom. The molecule has 13 aromatic rings. The third kappa shape index (κ3) is 26.1. The maximum Gasteiger partial charge on any atom is 0.248 e. The van der Waals surface area contributed by atoms with Crippen LogP contribution in [-0.2, 0) is 136 Å². The molecule has 4 amide bonds. The first-order chi connectivity index (χ1) is 65.2. The van der Waals surface area contributed by atoms with Crippen LogP contribution in [0, 0.1) is 6.92 Å². The Balaban J connectivity index is 0.000000146. The normalized spacial score (nSPS) is 14.4. The molecule has 1 saturated carbocycles. The number of carbonyl (C=O) groups is 6. The van der Waals surface area contributed by atoms with Crippen molar-refractivity contribution in [2.45, 2.75) is 300 Å². The molecule has 4 aliphatic heterocycles. The summed E-state index contributed by atoms with van der Waals surface area (Å²) in [5.74, 6) is 1.96. The minimum atomic E-state index is -0.0424. The zero-order chi connectivity index (χ0) is 101. The molecule has 730 valence electrons. The highest BCUT2D eigenvalue weighted by molar-refractivity contribution is 6.00. The molecule has 139 heavy (non-hydrogen) atoms. The van der Waals surface area contributed by atoms with Crippen LogP contribution >= 0.6 is 0 Å². The number of H-pyrrole nitrogens is 1. The fourth-order valence-electron chi connectivity index (χ4n) is 18.8. The van der Waals surface area contributed by atoms with Crippen molar-refractivity contribution >= 4 is 74.1 Å². The van der Waals surface area contributed by atoms with Crippen molar-refractivity contribution in [1.29, 1.82) is 0 Å². The van der Waals surface area contributed by atoms with Gasteiger partial charge in [-0.05, 0) is 226 Å². The number of benzene rings is 8. The summed E-state index contributed by atoms with van der Waals surface area (Å²) in [4.78, 5) is 105. The monoisotopic (exact) mass is 1870 g/mol. The van der Waals surface area contributed by atoms with Gasteiger partial charge in [0.1, 0.15) is 5.82 Å². The fraction of sp³-hybridized carbons (Fsp3) is 0.408. The minimum absolute atomic E-state index is 0.0424. The summed E-state index contributed by atoms with van der Waals surface area (Å²) in [6.45, 7) is 54.9. The zero-order valence-electron chi connectivity index (χ0n) is 87.5. The average Bonchev–Trinajstić information content (AvgIpc) is 1.65. The lowest BCUT2D eigenvalue weighted by Crippen LogP contribution is -2.47. The summed E-state index contributed by atoms with van der Waals surface area (Å²) in [6.07, 6.45) is 17.2. The highest BCUT2D eigenvalue weighted by Gasteiger charge is 2.37. The Labute approximate surface area is 825 Å². The van der Waals surface area contributed by atoms with Crippen molar-refractivity contribution in [2.24, 2.45) is 14.1 Å². The van der Waals surface area contributed by atoms with Gasteiger partial charge in [0.25, 0.3) is 0 Å². The van der Waals surface area contributed by atoms with Gasteiger partial charge in [0.05, 0.1) is 79.9 Å². The number of fused-ring (bicyclic) bond motifs is 6. The average molecular weight is 1870 g/mol. The third-order valence-corrected chi connectivity index (χ3v) is 27.1. The van der Waals surface area contributed by atoms with E-state index in [-0.39, 0.29) is 78.8 Å². The summed E-state index contributed by atoms with van der Waals surface area (Å²) < 4.78 is 3.65. The molecule has 8 aromatic carbocycles. The number of nitrogens with zero attached hydrogens (tertiary/aromatic N) is 10. The van der Waals surface area contributed by atoms with Gasteiger partial charge in [-0.15, -0.1) is 0 Å². The van der Waals surface area contributed by atoms with Crippen LogP contribution in [0.2, 0.25) is 0 Å². The lowest BCUT2D eigenvalue weighted by molar-refractivity contribution is -0.136. The molecule has 0 atom stereocenters. The van der Waals surface area contributed by atoms with E-state index in [2.05, 4.69) is 286 Å². The molecule has 0 saturated heterocycles. The van der Waals surface area contributed by atoms with E-state index in [0.29, 0.717) is 63.6 Å². The smallest absolute Gasteiger partial charge is 0.248 e. The molecule has 0 unspecified atom stereocenters. The number of pyridine rings is 3. The number of hydrogen-bond donors (Lipinski definition) is 2. The quantitative estimate of drug-likeness (QED) is 0.115. The van der Waals surface area contributed by atoms with Crippen LogP contribution < -0.4 is 20.7 Å². The summed E-state index contributed by atoms with van der Waals surface area (Å²) in [6, 6.07) is 63.9. The Morgan fingerprint density at radius 1 is 0.432 bits per heavy atom. The Bertz CT molecular complexity index is 6660. The molecular formula is C120H148N12O7. The van der Waals surface area contributed by atoms with Crippen LogP contribution in [-0.4, -0.2) is 98.6 Å². The maximum absolute atomic E-state index is 12.7. The van der Waals surface area contributed by atoms with E-state index in [1.807, 2.05) is 149 Å². The molecule has 9 heterocycles. The van der Waals surface area contributed by atoms with Gasteiger partial charge in [0.2, 0.25) is 29.2 Å². The van der Waals surface area contributed by atoms with Crippen LogP contribution in [0.5, 0.6) is 0 Å². The summed E-state index contributed by atoms with van der Waals surface area (Å²) in [7, 11) is 5.66. The molecule has 5 aromatic heterocycles. The minimum Gasteiger partial charge on any atom is -0.373 e. The second-order valence-corrected chi connectivity index (χ2v) is 45.3. The molecule has 0 bridgehead atoms. The molecule has 18 rings (SSSR count). The van der Waals surface area contributed by atoms with E-state index in [9.17, 15) is 33.6 Å². The van der Waals surface area contributed by atoms with Crippen molar-refractivity contribution < 1.29 is 28.8 Å². The summed E-state index contributed by atoms with van der Waals surface area (Å²) in [5.41, 5.74) is 26.7. The first-order valence-corrected chi connectivity index (χ1v) is 49.2. The zero-order valence-corrected chi connectivity index (χ0v) is 87.5. The van der Waals surface area contributed by atoms with Crippen LogP contribution in [0.4, 0.5) is 17.2 Å². The van der Waals surface area contributed by atoms with Crippen molar-refractivity contribution in [1.82, 2.24) is 44.3 Å². The predicted octanol–water partition coefficient (Wildman–Crippen LogP) is 24.3. The Morgan fingerprint density at radius 3 is 1.35 bits per heavy atom. The van der Waals surface area contributed by atoms with E-state index >= 15 is 0 Å². The van der Waals surface area contributed by atoms with E-state index < -0.39 is 0 Å². The maximum atomic E-state index is 12.7. The van der Waals surface area contributed by atoms with Gasteiger partial charge in [-0.2, -0.15) is 10.2 Å². The second kappa shape index (κ2) is 43.2. The number of Topliss-reactive ketones (excluding diaryl/α,β-unsaturated/α-hetero) is 2. The highest BCUT2D eigenvalue weighted by Crippen LogP contribution is 2.41. The fourth-order valence-corrected chi connectivity index (χ4v) is 18.8. The molecule has 5 aliphatic rings. The number of amides is 4. The van der Waals surface area contributed by atoms with Gasteiger partial charge in [-0.3, -0.25) is 47.9 Å². The van der Waals surface area contributed by atoms with Crippen molar-refractivity contribution in [3.63, 3.8) is 0 Å². The van der Waals surface area contributed by atoms with Gasteiger partial charge in [0, 0.05) is 100 Å². The number of aryl methyl sites for hydroxylation is 2. The van der Waals surface area contributed by atoms with Crippen LogP contribution in [0.25, 0.3) is 21.7 Å². The van der Waals surface area contributed by atoms with Crippen LogP contribution in [0.1, 0.15) is 299 Å². The highest BCUT2D eigenvalue weighted by atomic mass is 16.2. The summed E-state index contributed by atoms with van der Waals surface area (Å²) >= 11 is 0. The van der Waals surface area contributed by atoms with E-state index in [1.165, 1.54) is 103 Å². The lowest BCUT2D eigenvalue weighted by atomic mass is 9.79. The molecule has 2 N–H and O–H groups in total. The number of aromatic amines is 1. The van der Waals surface area contributed by atoms with Gasteiger partial charge < -0.3 is 29.9 Å². The molecule has 19 heteroatoms. The lowest BCUT2D eigenvalue weighted by Gasteiger charge is -2.41. The number of ketones is 2. The van der Waals surface area contributed by atoms with Crippen LogP contribution in [0.3, 0.4) is 0 Å². The van der Waals surface area contributed by atoms with Gasteiger partial charge in [-0.1, -0.05) is 285 Å². The number of hydrogen-bond acceptors (Lipinski definition) is 12. The van der Waals surface area contributed by atoms with Crippen LogP contribution in [0.15, 0.2) is 230 Å². The largest absolute Gasteiger partial charge is 0.373 e. The standard InChI is InChI=1S/C20H22N2O.C19H23N3O.C18H23N3O.C17H23NO.C17H19NO.C16H23NO.C13H15NO/c1-20(2,3)17-7-5-6-15(12-17)19(23)11-14-8-9-18-16(10-14)13-21-22(18)4;1-19(2,3)16-7-5-6-13-12-22(18(23)10-15(13)16)14-8-9-17(20-4)21-11-14;1-12-16(10-19-20(12)5)21-11-13-7-6-8-15(18(2,3)4)14(13)9-17(21)22;1-17(2,3)15-9-4-6-12-11-18(13-7-5-8-13)16(19)10-14(12)15;1-17(2,3)15-8-4-7-14(11-15)16(19)10-13-6-5-9-18-12-13;1-11(2)17-10-12-7-6-8-14(16(3,4)5)13(12)9-15(17)18;1-13(2,3)11-6-4-5-9-8-14-12(15)7-10(9)11/h5-10,12-13H,11H2,1-4H3;5-9,11H,10,12H2,1-4H3,(H,20,21);6-8,10H,9,11H2,1-5H3;4,6,9,13H,5,7-8,10-11H2,1-3H3;4-9,11-12H,10H2,1-3H3;6-8,11H,9-10H2,1-5H3;4-8H,1-3H3,(H,14,15). The molecule has 19 nitrogen and oxygen atoms in total. The number of rotatable bonds is 11. The first kappa shape index (κ1) is 105. The second-order valence-electron chi connectivity index (χ2n) is 45.3. The summed E-state index contributed by atoms with van der Waals surface area (Å²) in [5, 5.41) is 14.7. The molecule has 1 fully saturated rings. The molecule has 1 aliphatic carbocycles. The SMILES string of the molecule is CC(C)(C)c1cccc(C(=O)Cc2cccnc2)c1.CC(C)(C)c1cccc2c1CC(=O)N(C1CCC1)C2.CC(C)(C)c1cccc2c[nH]c(=O)cc12.CC(C)N1Cc2cccc(C(C)(C)C)c2CC1=O.CNc1ccc(N2Cc3cccc(C(C)(C)C)c3CC2=O)cn1.Cc1c(N2Cc3cccc(C(C)(C)C)c3CC2=O)cnn1C.Cn1ncc2cc(CC(=O)c3cccc(C(C)(C)C)c3)ccc21. The molecule has 0 spiro atoms. The first-order valence-electron chi connectivity index (χ1n) is 49.2. The van der Waals surface area contributed by atoms with Crippen molar-refractivity contribution in [3.05, 3.63) is 347 Å². The molecule has 0 radical (unpaired) electrons. The van der Waals surface area contributed by atoms with Gasteiger partial charge in [-0.25, -0.2) is 4.98 Å². The number of nitrogens with one attached hydrogen (secondary N) is 2. The predicted molar refractivity (Wildman–Crippen MR) is 568 cm³/mol. The van der Waals surface area contributed by atoms with Gasteiger partial charge >= 0.3 is 0 Å². The van der Waals surface area contributed by atoms with Crippen molar-refractivity contribution in [3.8, 4) is 0 Å². The Hall–Kier alpha value is -13.0. The Kier molecular flexibility index (Phi) is 32.6. The van der Waals surface area contributed by atoms with Gasteiger partial charge in [0.15, 0.2) is 11.6 Å². The molecular weight excluding hydrogens is 1720 g/mol. The van der Waals surface area contributed by atoms with E-state index in [4.69, 9.17) is 0 Å². The van der Waals surface area contributed by atoms with E-state index in [0.717, 1.165) is 79.9 Å². The number of carbonyl (C=O) groups excluding carboxylic acids is 6. The van der Waals surface area contributed by atoms with E-state index in [1.54, 1.807) is 37.1 Å². The third-order valence-electron chi connectivity index (χ3n) is 27.1. The number of anilines is 3. The van der Waals surface area contributed by atoms with Crippen molar-refractivity contribution in [2.75, 3.05) is 22.2 Å².